The first-order chi connectivity index (χ1) is 22.0. The second-order valence-electron chi connectivity index (χ2n) is 13.9. The Bertz CT molecular complexity index is 2000. The topological polar surface area (TPSA) is 72.4 Å². The van der Waals surface area contributed by atoms with Crippen molar-refractivity contribution in [2.45, 2.75) is 83.1 Å². The number of imidazole rings is 1. The molecule has 46 heavy (non-hydrogen) atoms. The van der Waals surface area contributed by atoms with Gasteiger partial charge in [-0.1, -0.05) is 18.0 Å². The van der Waals surface area contributed by atoms with Crippen molar-refractivity contribution >= 4 is 39.9 Å². The number of hydrogen-bond donors (Lipinski definition) is 1. The summed E-state index contributed by atoms with van der Waals surface area (Å²) in [6.45, 7) is 8.16. The summed E-state index contributed by atoms with van der Waals surface area (Å²) in [5.74, 6) is 1.34. The standard InChI is InChI=1S/C36H36ClFN4O3S/c1-35(2,3)45-34(43)41-14-6-13-36(41,4)33-39-19-25(40-33)21-16-24(38)31-27-17-22-15-23(37)9-10-26(22)42(27)32(44-28(31)18-21)30-12-11-29(46-30)20-7-5-8-20/h9-12,15-20,32H,5-8,13-14H2,1-4H3,(H,39,40)/t32?,36-/m1/s1. The van der Waals surface area contributed by atoms with E-state index < -0.39 is 17.4 Å². The summed E-state index contributed by atoms with van der Waals surface area (Å²) in [4.78, 5) is 25.4. The molecule has 1 unspecified atom stereocenters. The molecule has 1 saturated heterocycles. The summed E-state index contributed by atoms with van der Waals surface area (Å²) in [6, 6.07) is 15.5. The number of benzene rings is 2. The van der Waals surface area contributed by atoms with Crippen molar-refractivity contribution in [3.63, 3.8) is 0 Å². The third-order valence-corrected chi connectivity index (χ3v) is 11.1. The van der Waals surface area contributed by atoms with Crippen molar-refractivity contribution in [1.29, 1.82) is 0 Å². The molecule has 0 spiro atoms. The van der Waals surface area contributed by atoms with E-state index in [9.17, 15) is 4.79 Å². The van der Waals surface area contributed by atoms with Gasteiger partial charge in [-0.05, 0) is 108 Å². The number of hydrogen-bond acceptors (Lipinski definition) is 5. The Morgan fingerprint density at radius 3 is 2.70 bits per heavy atom. The van der Waals surface area contributed by atoms with Crippen molar-refractivity contribution < 1.29 is 18.7 Å². The van der Waals surface area contributed by atoms with Crippen LogP contribution in [-0.4, -0.2) is 37.7 Å². The molecule has 5 aromatic rings. The van der Waals surface area contributed by atoms with Gasteiger partial charge in [0.25, 0.3) is 0 Å². The Balaban J connectivity index is 1.19. The van der Waals surface area contributed by atoms with Gasteiger partial charge >= 0.3 is 6.09 Å². The van der Waals surface area contributed by atoms with Crippen LogP contribution in [0.25, 0.3) is 33.4 Å². The number of nitrogens with one attached hydrogen (secondary N) is 1. The number of nitrogens with zero attached hydrogens (tertiary/aromatic N) is 3. The first-order valence-corrected chi connectivity index (χ1v) is 17.2. The predicted octanol–water partition coefficient (Wildman–Crippen LogP) is 10.0. The second kappa shape index (κ2) is 10.6. The minimum absolute atomic E-state index is 0.365. The third kappa shape index (κ3) is 4.82. The maximum absolute atomic E-state index is 16.3. The number of rotatable bonds is 4. The molecule has 2 atom stereocenters. The Hall–Kier alpha value is -3.82. The third-order valence-electron chi connectivity index (χ3n) is 9.63. The average molecular weight is 659 g/mol. The zero-order chi connectivity index (χ0) is 32.0. The van der Waals surface area contributed by atoms with E-state index in [4.69, 9.17) is 26.1 Å². The van der Waals surface area contributed by atoms with Crippen molar-refractivity contribution in [3.8, 4) is 28.3 Å². The lowest BCUT2D eigenvalue weighted by molar-refractivity contribution is 0.00866. The molecule has 8 rings (SSSR count). The molecule has 7 nitrogen and oxygen atoms in total. The molecule has 238 valence electrons. The summed E-state index contributed by atoms with van der Waals surface area (Å²) in [5.41, 5.74) is 2.10. The Labute approximate surface area is 276 Å². The van der Waals surface area contributed by atoms with Crippen LogP contribution in [0.4, 0.5) is 9.18 Å². The van der Waals surface area contributed by atoms with Crippen LogP contribution in [0.5, 0.6) is 5.75 Å². The van der Waals surface area contributed by atoms with Gasteiger partial charge in [0.2, 0.25) is 6.23 Å². The normalized spacial score (nSPS) is 21.2. The minimum Gasteiger partial charge on any atom is -0.464 e. The second-order valence-corrected chi connectivity index (χ2v) is 15.5. The monoisotopic (exact) mass is 658 g/mol. The Morgan fingerprint density at radius 1 is 1.13 bits per heavy atom. The molecule has 1 amide bonds. The van der Waals surface area contributed by atoms with Crippen LogP contribution in [-0.2, 0) is 10.3 Å². The van der Waals surface area contributed by atoms with E-state index in [0.717, 1.165) is 34.3 Å². The number of H-pyrrole nitrogens is 1. The molecule has 1 aliphatic carbocycles. The van der Waals surface area contributed by atoms with E-state index in [1.165, 1.54) is 30.2 Å². The fourth-order valence-electron chi connectivity index (χ4n) is 7.06. The van der Waals surface area contributed by atoms with Gasteiger partial charge in [0.1, 0.15) is 28.5 Å². The van der Waals surface area contributed by atoms with Gasteiger partial charge in [0, 0.05) is 27.4 Å². The molecular formula is C36H36ClFN4O3S. The largest absolute Gasteiger partial charge is 0.464 e. The average Bonchev–Trinajstić information content (AvgIpc) is 3.76. The molecule has 10 heteroatoms. The van der Waals surface area contributed by atoms with E-state index in [-0.39, 0.29) is 11.9 Å². The van der Waals surface area contributed by atoms with E-state index in [2.05, 4.69) is 21.7 Å². The van der Waals surface area contributed by atoms with Crippen LogP contribution >= 0.6 is 22.9 Å². The van der Waals surface area contributed by atoms with Crippen molar-refractivity contribution in [2.75, 3.05) is 6.54 Å². The van der Waals surface area contributed by atoms with Crippen LogP contribution in [0, 0.1) is 5.82 Å². The van der Waals surface area contributed by atoms with Gasteiger partial charge in [-0.2, -0.15) is 0 Å². The fraction of sp³-hybridized carbons (Fsp3) is 0.389. The Kier molecular flexibility index (Phi) is 6.82. The molecule has 5 heterocycles. The smallest absolute Gasteiger partial charge is 0.411 e. The quantitative estimate of drug-likeness (QED) is 0.209. The first kappa shape index (κ1) is 29.6. The fourth-order valence-corrected chi connectivity index (χ4v) is 8.44. The highest BCUT2D eigenvalue weighted by atomic mass is 35.5. The lowest BCUT2D eigenvalue weighted by Crippen LogP contribution is -2.46. The van der Waals surface area contributed by atoms with Crippen molar-refractivity contribution in [1.82, 2.24) is 19.4 Å². The number of aromatic nitrogens is 3. The minimum atomic E-state index is -0.672. The summed E-state index contributed by atoms with van der Waals surface area (Å²) in [6.07, 6.45) is 6.17. The highest BCUT2D eigenvalue weighted by molar-refractivity contribution is 7.12. The highest BCUT2D eigenvalue weighted by Gasteiger charge is 2.45. The van der Waals surface area contributed by atoms with Gasteiger partial charge in [-0.15, -0.1) is 11.3 Å². The van der Waals surface area contributed by atoms with E-state index >= 15 is 4.39 Å². The summed E-state index contributed by atoms with van der Waals surface area (Å²) in [5, 5.41) is 1.56. The summed E-state index contributed by atoms with van der Waals surface area (Å²) >= 11 is 8.16. The summed E-state index contributed by atoms with van der Waals surface area (Å²) < 4.78 is 30.8. The highest BCUT2D eigenvalue weighted by Crippen LogP contribution is 2.49. The number of carbonyl (C=O) groups excluding carboxylic acids is 1. The van der Waals surface area contributed by atoms with Crippen LogP contribution in [0.15, 0.2) is 54.7 Å². The number of ether oxygens (including phenoxy) is 2. The Morgan fingerprint density at radius 2 is 1.93 bits per heavy atom. The molecule has 2 aliphatic heterocycles. The van der Waals surface area contributed by atoms with Gasteiger partial charge in [0.05, 0.1) is 33.5 Å². The molecule has 1 saturated carbocycles. The molecule has 0 bridgehead atoms. The molecule has 2 aromatic carbocycles. The lowest BCUT2D eigenvalue weighted by Gasteiger charge is -2.35. The molecule has 2 fully saturated rings. The van der Waals surface area contributed by atoms with E-state index in [1.54, 1.807) is 22.4 Å². The van der Waals surface area contributed by atoms with Crippen molar-refractivity contribution in [2.24, 2.45) is 0 Å². The molecule has 3 aromatic heterocycles. The molecule has 1 N–H and O–H groups in total. The van der Waals surface area contributed by atoms with E-state index in [1.807, 2.05) is 58.0 Å². The maximum Gasteiger partial charge on any atom is 0.411 e. The number of aromatic amines is 1. The number of carbonyl (C=O) groups is 1. The van der Waals surface area contributed by atoms with Gasteiger partial charge in [-0.3, -0.25) is 9.47 Å². The van der Waals surface area contributed by atoms with Gasteiger partial charge in [0.15, 0.2) is 0 Å². The number of thiophene rings is 1. The van der Waals surface area contributed by atoms with Crippen LogP contribution < -0.4 is 4.74 Å². The molecule has 0 radical (unpaired) electrons. The number of likely N-dealkylation sites (tertiary alicyclic amines) is 1. The number of amides is 1. The first-order valence-electron chi connectivity index (χ1n) is 16.0. The maximum atomic E-state index is 16.3. The van der Waals surface area contributed by atoms with Crippen LogP contribution in [0.3, 0.4) is 0 Å². The zero-order valence-corrected chi connectivity index (χ0v) is 27.9. The number of fused-ring (bicyclic) bond motifs is 5. The SMILES string of the molecule is CC(C)(C)OC(=O)N1CCC[C@]1(C)c1ncc(-c2cc(F)c3c(c2)OC(c2ccc(C4CCC4)s2)n2c-3cc3cc(Cl)ccc32)[nH]1. The summed E-state index contributed by atoms with van der Waals surface area (Å²) in [7, 11) is 0. The van der Waals surface area contributed by atoms with E-state index in [0.29, 0.717) is 45.9 Å². The van der Waals surface area contributed by atoms with Crippen molar-refractivity contribution in [3.05, 3.63) is 81.1 Å². The van der Waals surface area contributed by atoms with Crippen LogP contribution in [0.1, 0.15) is 87.5 Å². The number of halogens is 2. The molecule has 3 aliphatic rings. The zero-order valence-electron chi connectivity index (χ0n) is 26.3. The predicted molar refractivity (Wildman–Crippen MR) is 179 cm³/mol. The molecular weight excluding hydrogens is 623 g/mol. The van der Waals surface area contributed by atoms with Gasteiger partial charge in [-0.25, -0.2) is 14.2 Å². The van der Waals surface area contributed by atoms with Crippen LogP contribution in [0.2, 0.25) is 5.02 Å². The lowest BCUT2D eigenvalue weighted by atomic mass is 9.84. The van der Waals surface area contributed by atoms with Gasteiger partial charge < -0.3 is 14.5 Å².